The molecule has 1 aliphatic carbocycles. The van der Waals surface area contributed by atoms with Gasteiger partial charge in [-0.05, 0) is 24.7 Å². The average Bonchev–Trinajstić information content (AvgIpc) is 2.85. The van der Waals surface area contributed by atoms with Crippen LogP contribution in [0.25, 0.3) is 0 Å². The largest absolute Gasteiger partial charge is 0.480 e. The molecule has 0 bridgehead atoms. The molecule has 0 spiro atoms. The summed E-state index contributed by atoms with van der Waals surface area (Å²) in [7, 11) is 0. The van der Waals surface area contributed by atoms with Crippen molar-refractivity contribution < 1.29 is 14.7 Å². The summed E-state index contributed by atoms with van der Waals surface area (Å²) in [5, 5.41) is 14.4. The molecule has 1 saturated carbocycles. The van der Waals surface area contributed by atoms with Gasteiger partial charge >= 0.3 is 12.0 Å². The third kappa shape index (κ3) is 4.55. The first-order valence-corrected chi connectivity index (χ1v) is 6.81. The third-order valence-corrected chi connectivity index (χ3v) is 3.79. The van der Waals surface area contributed by atoms with Crippen molar-refractivity contribution in [2.45, 2.75) is 52.0 Å². The summed E-state index contributed by atoms with van der Waals surface area (Å²) in [5.74, 6) is -0.484. The standard InChI is InChI=1S/C13H24N2O3/c1-3-9(2)11(12(16)17)15-13(18)14-8-10-6-4-5-7-10/h9-11H,3-8H2,1-2H3,(H,16,17)(H2,14,15,18)/t9?,11-/m0/s1. The van der Waals surface area contributed by atoms with Crippen LogP contribution < -0.4 is 10.6 Å². The van der Waals surface area contributed by atoms with Gasteiger partial charge in [0.1, 0.15) is 6.04 Å². The van der Waals surface area contributed by atoms with Gasteiger partial charge in [-0.1, -0.05) is 33.1 Å². The molecule has 0 aromatic carbocycles. The summed E-state index contributed by atoms with van der Waals surface area (Å²) in [5.41, 5.74) is 0. The van der Waals surface area contributed by atoms with E-state index in [2.05, 4.69) is 10.6 Å². The van der Waals surface area contributed by atoms with Gasteiger partial charge in [-0.15, -0.1) is 0 Å². The molecule has 18 heavy (non-hydrogen) atoms. The van der Waals surface area contributed by atoms with Crippen LogP contribution in [0.1, 0.15) is 46.0 Å². The Morgan fingerprint density at radius 1 is 1.33 bits per heavy atom. The molecule has 104 valence electrons. The molecule has 1 aliphatic rings. The number of hydrogen-bond acceptors (Lipinski definition) is 2. The number of nitrogens with one attached hydrogen (secondary N) is 2. The summed E-state index contributed by atoms with van der Waals surface area (Å²) in [4.78, 5) is 22.7. The van der Waals surface area contributed by atoms with Gasteiger partial charge in [-0.25, -0.2) is 9.59 Å². The van der Waals surface area contributed by atoms with Crippen molar-refractivity contribution in [1.82, 2.24) is 10.6 Å². The van der Waals surface area contributed by atoms with Crippen molar-refractivity contribution in [2.24, 2.45) is 11.8 Å². The number of carbonyl (C=O) groups is 2. The van der Waals surface area contributed by atoms with Gasteiger partial charge in [0.2, 0.25) is 0 Å². The van der Waals surface area contributed by atoms with Crippen LogP contribution in [0.4, 0.5) is 4.79 Å². The van der Waals surface area contributed by atoms with Crippen molar-refractivity contribution in [1.29, 1.82) is 0 Å². The molecule has 1 fully saturated rings. The van der Waals surface area contributed by atoms with Crippen LogP contribution in [-0.2, 0) is 4.79 Å². The minimum absolute atomic E-state index is 0.0697. The van der Waals surface area contributed by atoms with Gasteiger partial charge in [0.25, 0.3) is 0 Å². The Morgan fingerprint density at radius 3 is 2.44 bits per heavy atom. The SMILES string of the molecule is CCC(C)[C@H](NC(=O)NCC1CCCC1)C(=O)O. The highest BCUT2D eigenvalue weighted by Crippen LogP contribution is 2.23. The minimum atomic E-state index is -0.972. The first-order chi connectivity index (χ1) is 8.54. The zero-order valence-electron chi connectivity index (χ0n) is 11.2. The lowest BCUT2D eigenvalue weighted by atomic mass is 9.99. The fourth-order valence-electron chi connectivity index (χ4n) is 2.33. The van der Waals surface area contributed by atoms with E-state index in [9.17, 15) is 9.59 Å². The van der Waals surface area contributed by atoms with Gasteiger partial charge < -0.3 is 15.7 Å². The predicted octanol–water partition coefficient (Wildman–Crippen LogP) is 1.98. The van der Waals surface area contributed by atoms with E-state index in [4.69, 9.17) is 5.11 Å². The van der Waals surface area contributed by atoms with E-state index in [1.165, 1.54) is 12.8 Å². The number of hydrogen-bond donors (Lipinski definition) is 3. The monoisotopic (exact) mass is 256 g/mol. The lowest BCUT2D eigenvalue weighted by molar-refractivity contribution is -0.140. The second kappa shape index (κ2) is 7.24. The molecule has 1 rings (SSSR count). The molecule has 3 N–H and O–H groups in total. The van der Waals surface area contributed by atoms with E-state index < -0.39 is 12.0 Å². The van der Waals surface area contributed by atoms with Crippen LogP contribution in [0.15, 0.2) is 0 Å². The molecule has 0 aromatic rings. The maximum Gasteiger partial charge on any atom is 0.326 e. The maximum absolute atomic E-state index is 11.6. The maximum atomic E-state index is 11.6. The molecule has 5 heteroatoms. The molecular formula is C13H24N2O3. The van der Waals surface area contributed by atoms with Gasteiger partial charge in [0, 0.05) is 6.54 Å². The third-order valence-electron chi connectivity index (χ3n) is 3.79. The van der Waals surface area contributed by atoms with Gasteiger partial charge in [0.15, 0.2) is 0 Å². The smallest absolute Gasteiger partial charge is 0.326 e. The highest BCUT2D eigenvalue weighted by atomic mass is 16.4. The average molecular weight is 256 g/mol. The number of aliphatic carboxylic acids is 1. The van der Waals surface area contributed by atoms with E-state index in [0.717, 1.165) is 19.3 Å². The summed E-state index contributed by atoms with van der Waals surface area (Å²) < 4.78 is 0. The Labute approximate surface area is 108 Å². The minimum Gasteiger partial charge on any atom is -0.480 e. The molecule has 5 nitrogen and oxygen atoms in total. The quantitative estimate of drug-likeness (QED) is 0.680. The van der Waals surface area contributed by atoms with E-state index in [1.54, 1.807) is 0 Å². The highest BCUT2D eigenvalue weighted by Gasteiger charge is 2.25. The molecular weight excluding hydrogens is 232 g/mol. The molecule has 0 radical (unpaired) electrons. The number of rotatable bonds is 6. The predicted molar refractivity (Wildman–Crippen MR) is 69.4 cm³/mol. The number of carboxylic acids is 1. The van der Waals surface area contributed by atoms with Crippen LogP contribution >= 0.6 is 0 Å². The van der Waals surface area contributed by atoms with Gasteiger partial charge in [-0.2, -0.15) is 0 Å². The van der Waals surface area contributed by atoms with Crippen LogP contribution in [0.5, 0.6) is 0 Å². The number of urea groups is 1. The Kier molecular flexibility index (Phi) is 5.95. The molecule has 0 saturated heterocycles. The van der Waals surface area contributed by atoms with Crippen LogP contribution in [0, 0.1) is 11.8 Å². The fraction of sp³-hybridized carbons (Fsp3) is 0.846. The Morgan fingerprint density at radius 2 is 1.94 bits per heavy atom. The molecule has 2 amide bonds. The lowest BCUT2D eigenvalue weighted by Gasteiger charge is -2.21. The van der Waals surface area contributed by atoms with E-state index in [0.29, 0.717) is 12.5 Å². The van der Waals surface area contributed by atoms with E-state index >= 15 is 0 Å². The van der Waals surface area contributed by atoms with Gasteiger partial charge in [-0.3, -0.25) is 0 Å². The van der Waals surface area contributed by atoms with Crippen molar-refractivity contribution in [3.05, 3.63) is 0 Å². The highest BCUT2D eigenvalue weighted by molar-refractivity contribution is 5.82. The molecule has 2 atom stereocenters. The summed E-state index contributed by atoms with van der Waals surface area (Å²) in [6, 6.07) is -1.17. The molecule has 0 heterocycles. The number of amides is 2. The van der Waals surface area contributed by atoms with Crippen LogP contribution in [0.3, 0.4) is 0 Å². The zero-order chi connectivity index (χ0) is 13.5. The molecule has 1 unspecified atom stereocenters. The Bertz CT molecular complexity index is 288. The second-order valence-corrected chi connectivity index (χ2v) is 5.21. The van der Waals surface area contributed by atoms with E-state index in [1.807, 2.05) is 13.8 Å². The zero-order valence-corrected chi connectivity index (χ0v) is 11.2. The van der Waals surface area contributed by atoms with Crippen molar-refractivity contribution in [3.63, 3.8) is 0 Å². The molecule has 0 aliphatic heterocycles. The first-order valence-electron chi connectivity index (χ1n) is 6.81. The fourth-order valence-corrected chi connectivity index (χ4v) is 2.33. The second-order valence-electron chi connectivity index (χ2n) is 5.21. The normalized spacial score (nSPS) is 19.2. The van der Waals surface area contributed by atoms with Crippen LogP contribution in [0.2, 0.25) is 0 Å². The summed E-state index contributed by atoms with van der Waals surface area (Å²) in [6.07, 6.45) is 5.51. The Balaban J connectivity index is 2.33. The van der Waals surface area contributed by atoms with Crippen molar-refractivity contribution >= 4 is 12.0 Å². The van der Waals surface area contributed by atoms with Crippen LogP contribution in [-0.4, -0.2) is 29.7 Å². The summed E-state index contributed by atoms with van der Waals surface area (Å²) in [6.45, 7) is 4.40. The number of carboxylic acid groups (broad SMARTS) is 1. The topological polar surface area (TPSA) is 78.4 Å². The number of carbonyl (C=O) groups excluding carboxylic acids is 1. The van der Waals surface area contributed by atoms with Gasteiger partial charge in [0.05, 0.1) is 0 Å². The van der Waals surface area contributed by atoms with Crippen molar-refractivity contribution in [3.8, 4) is 0 Å². The Hall–Kier alpha value is -1.26. The van der Waals surface area contributed by atoms with Crippen molar-refractivity contribution in [2.75, 3.05) is 6.54 Å². The summed E-state index contributed by atoms with van der Waals surface area (Å²) >= 11 is 0. The molecule has 0 aromatic heterocycles. The first kappa shape index (κ1) is 14.8. The lowest BCUT2D eigenvalue weighted by Crippen LogP contribution is -2.49. The van der Waals surface area contributed by atoms with E-state index in [-0.39, 0.29) is 11.9 Å².